The van der Waals surface area contributed by atoms with Gasteiger partial charge in [0.1, 0.15) is 5.82 Å². The average molecular weight is 423 g/mol. The molecule has 8 heteroatoms. The monoisotopic (exact) mass is 423 g/mol. The van der Waals surface area contributed by atoms with Crippen molar-refractivity contribution in [3.8, 4) is 11.4 Å². The third-order valence-electron chi connectivity index (χ3n) is 5.61. The van der Waals surface area contributed by atoms with Gasteiger partial charge in [-0.05, 0) is 37.3 Å². The highest BCUT2D eigenvalue weighted by Gasteiger charge is 2.31. The maximum absolute atomic E-state index is 13.8. The van der Waals surface area contributed by atoms with E-state index < -0.39 is 6.04 Å². The van der Waals surface area contributed by atoms with Crippen LogP contribution in [0.15, 0.2) is 59.1 Å². The van der Waals surface area contributed by atoms with Crippen molar-refractivity contribution in [2.24, 2.45) is 5.73 Å². The molecule has 0 radical (unpaired) electrons. The molecule has 0 saturated carbocycles. The molecule has 7 nitrogen and oxygen atoms in total. The van der Waals surface area contributed by atoms with Gasteiger partial charge in [0.05, 0.1) is 6.04 Å². The number of likely N-dealkylation sites (tertiary alicyclic amines) is 1. The van der Waals surface area contributed by atoms with Gasteiger partial charge < -0.3 is 20.5 Å². The van der Waals surface area contributed by atoms with E-state index in [0.29, 0.717) is 43.3 Å². The second-order valence-corrected chi connectivity index (χ2v) is 7.73. The molecule has 2 heterocycles. The number of carbonyl (C=O) groups is 1. The Morgan fingerprint density at radius 2 is 2.00 bits per heavy atom. The third-order valence-corrected chi connectivity index (χ3v) is 5.61. The van der Waals surface area contributed by atoms with Gasteiger partial charge >= 0.3 is 6.01 Å². The number of halogens is 1. The van der Waals surface area contributed by atoms with E-state index >= 15 is 0 Å². The van der Waals surface area contributed by atoms with Crippen LogP contribution in [0.5, 0.6) is 0 Å². The summed E-state index contributed by atoms with van der Waals surface area (Å²) < 4.78 is 19.1. The molecule has 1 unspecified atom stereocenters. The lowest BCUT2D eigenvalue weighted by molar-refractivity contribution is -0.133. The molecular weight excluding hydrogens is 397 g/mol. The highest BCUT2D eigenvalue weighted by Crippen LogP contribution is 2.21. The van der Waals surface area contributed by atoms with Crippen molar-refractivity contribution < 1.29 is 13.7 Å². The predicted molar refractivity (Wildman–Crippen MR) is 116 cm³/mol. The number of rotatable bonds is 8. The molecular formula is C23H26FN5O2. The predicted octanol–water partition coefficient (Wildman–Crippen LogP) is 3.24. The summed E-state index contributed by atoms with van der Waals surface area (Å²) in [6, 6.07) is 15.8. The normalized spacial score (nSPS) is 17.0. The van der Waals surface area contributed by atoms with Gasteiger partial charge in [0.15, 0.2) is 0 Å². The molecule has 1 amide bonds. The second kappa shape index (κ2) is 9.70. The van der Waals surface area contributed by atoms with Crippen molar-refractivity contribution in [1.29, 1.82) is 0 Å². The lowest BCUT2D eigenvalue weighted by atomic mass is 10.0. The zero-order valence-corrected chi connectivity index (χ0v) is 17.2. The van der Waals surface area contributed by atoms with Crippen molar-refractivity contribution in [2.45, 2.75) is 37.8 Å². The Hall–Kier alpha value is -3.26. The molecule has 0 aliphatic carbocycles. The van der Waals surface area contributed by atoms with Crippen LogP contribution in [0, 0.1) is 5.82 Å². The first-order valence-electron chi connectivity index (χ1n) is 10.5. The molecule has 1 aliphatic rings. The first-order valence-corrected chi connectivity index (χ1v) is 10.5. The van der Waals surface area contributed by atoms with E-state index in [1.54, 1.807) is 18.2 Å². The number of aromatic nitrogens is 2. The largest absolute Gasteiger partial charge is 0.337 e. The Morgan fingerprint density at radius 1 is 1.23 bits per heavy atom. The van der Waals surface area contributed by atoms with E-state index in [1.165, 1.54) is 6.07 Å². The van der Waals surface area contributed by atoms with E-state index in [-0.39, 0.29) is 17.8 Å². The fourth-order valence-corrected chi connectivity index (χ4v) is 3.89. The van der Waals surface area contributed by atoms with Gasteiger partial charge in [-0.3, -0.25) is 4.79 Å². The van der Waals surface area contributed by atoms with E-state index in [0.717, 1.165) is 18.4 Å². The topological polar surface area (TPSA) is 97.3 Å². The number of hydrogen-bond donors (Lipinski definition) is 2. The van der Waals surface area contributed by atoms with Crippen LogP contribution in [0.2, 0.25) is 0 Å². The van der Waals surface area contributed by atoms with E-state index in [9.17, 15) is 9.18 Å². The molecule has 0 spiro atoms. The molecule has 31 heavy (non-hydrogen) atoms. The summed E-state index contributed by atoms with van der Waals surface area (Å²) in [5.41, 5.74) is 7.61. The van der Waals surface area contributed by atoms with Crippen LogP contribution in [-0.4, -0.2) is 46.1 Å². The van der Waals surface area contributed by atoms with Crippen LogP contribution in [-0.2, 0) is 11.2 Å². The number of carbonyl (C=O) groups excluding carboxylic acids is 1. The Bertz CT molecular complexity index is 1010. The minimum Gasteiger partial charge on any atom is -0.337 e. The van der Waals surface area contributed by atoms with Gasteiger partial charge in [0, 0.05) is 24.7 Å². The number of nitrogens with two attached hydrogens (primary N) is 1. The van der Waals surface area contributed by atoms with Crippen molar-refractivity contribution in [3.05, 3.63) is 66.0 Å². The van der Waals surface area contributed by atoms with Gasteiger partial charge in [-0.1, -0.05) is 53.7 Å². The van der Waals surface area contributed by atoms with Crippen LogP contribution in [0.25, 0.3) is 11.4 Å². The van der Waals surface area contributed by atoms with Crippen molar-refractivity contribution in [1.82, 2.24) is 15.0 Å². The number of amides is 1. The summed E-state index contributed by atoms with van der Waals surface area (Å²) in [7, 11) is 0. The number of benzene rings is 2. The lowest BCUT2D eigenvalue weighted by Crippen LogP contribution is -2.48. The summed E-state index contributed by atoms with van der Waals surface area (Å²) in [4.78, 5) is 19.1. The van der Waals surface area contributed by atoms with Gasteiger partial charge in [-0.2, -0.15) is 4.98 Å². The molecule has 1 aromatic heterocycles. The highest BCUT2D eigenvalue weighted by atomic mass is 19.1. The van der Waals surface area contributed by atoms with Crippen LogP contribution < -0.4 is 11.1 Å². The van der Waals surface area contributed by atoms with Gasteiger partial charge in [-0.25, -0.2) is 4.39 Å². The minimum atomic E-state index is -0.659. The first kappa shape index (κ1) is 21.0. The summed E-state index contributed by atoms with van der Waals surface area (Å²) in [6.45, 7) is 1.17. The van der Waals surface area contributed by atoms with Crippen LogP contribution >= 0.6 is 0 Å². The van der Waals surface area contributed by atoms with Crippen LogP contribution in [0.4, 0.5) is 10.4 Å². The third kappa shape index (κ3) is 5.08. The molecule has 1 fully saturated rings. The molecule has 2 atom stereocenters. The van der Waals surface area contributed by atoms with Gasteiger partial charge in [0.2, 0.25) is 11.7 Å². The number of hydrogen-bond acceptors (Lipinski definition) is 6. The molecule has 0 bridgehead atoms. The van der Waals surface area contributed by atoms with E-state index in [4.69, 9.17) is 10.3 Å². The standard InChI is InChI=1S/C23H26FN5O2/c24-19-11-5-4-7-16(19)12-13-20(25)22(30)29-14-6-10-18(29)15-26-23-27-21(28-31-23)17-8-2-1-3-9-17/h1-5,7-9,11,18,20H,6,10,12-15,25H2,(H,26,27,28)/t18-,20?/m0/s1. The Morgan fingerprint density at radius 3 is 2.81 bits per heavy atom. The van der Waals surface area contributed by atoms with Crippen LogP contribution in [0.1, 0.15) is 24.8 Å². The fraction of sp³-hybridized carbons (Fsp3) is 0.348. The maximum Gasteiger partial charge on any atom is 0.321 e. The number of nitrogens with zero attached hydrogens (tertiary/aromatic N) is 3. The van der Waals surface area contributed by atoms with Crippen molar-refractivity contribution in [3.63, 3.8) is 0 Å². The lowest BCUT2D eigenvalue weighted by Gasteiger charge is -2.27. The van der Waals surface area contributed by atoms with Crippen LogP contribution in [0.3, 0.4) is 0 Å². The second-order valence-electron chi connectivity index (χ2n) is 7.73. The average Bonchev–Trinajstić information content (AvgIpc) is 3.46. The van der Waals surface area contributed by atoms with Gasteiger partial charge in [0.25, 0.3) is 0 Å². The molecule has 4 rings (SSSR count). The Balaban J connectivity index is 1.31. The van der Waals surface area contributed by atoms with E-state index in [1.807, 2.05) is 35.2 Å². The number of anilines is 1. The van der Waals surface area contributed by atoms with E-state index in [2.05, 4.69) is 15.5 Å². The number of aryl methyl sites for hydroxylation is 1. The summed E-state index contributed by atoms with van der Waals surface area (Å²) in [6.07, 6.45) is 2.62. The Labute approximate surface area is 180 Å². The smallest absolute Gasteiger partial charge is 0.321 e. The summed E-state index contributed by atoms with van der Waals surface area (Å²) in [5, 5.41) is 7.14. The quantitative estimate of drug-likeness (QED) is 0.577. The first-order chi connectivity index (χ1) is 15.1. The fourth-order valence-electron chi connectivity index (χ4n) is 3.89. The van der Waals surface area contributed by atoms with Crippen molar-refractivity contribution >= 4 is 11.9 Å². The summed E-state index contributed by atoms with van der Waals surface area (Å²) >= 11 is 0. The molecule has 3 aromatic rings. The molecule has 1 aliphatic heterocycles. The Kier molecular flexibility index (Phi) is 6.57. The zero-order chi connectivity index (χ0) is 21.6. The van der Waals surface area contributed by atoms with Crippen molar-refractivity contribution in [2.75, 3.05) is 18.4 Å². The summed E-state index contributed by atoms with van der Waals surface area (Å²) in [5.74, 6) is 0.147. The maximum atomic E-state index is 13.8. The molecule has 2 aromatic carbocycles. The molecule has 1 saturated heterocycles. The molecule has 162 valence electrons. The molecule has 3 N–H and O–H groups in total. The number of nitrogens with one attached hydrogen (secondary N) is 1. The minimum absolute atomic E-state index is 0.000846. The zero-order valence-electron chi connectivity index (χ0n) is 17.2. The highest BCUT2D eigenvalue weighted by molar-refractivity contribution is 5.82. The van der Waals surface area contributed by atoms with Gasteiger partial charge in [-0.15, -0.1) is 0 Å². The SMILES string of the molecule is NC(CCc1ccccc1F)C(=O)N1CCC[C@H]1CNc1nc(-c2ccccc2)no1.